The molecule has 1 aliphatic heterocycles. The number of halogens is 7. The number of hydrogen-bond donors (Lipinski definition) is 1. The molecule has 0 bridgehead atoms. The Morgan fingerprint density at radius 2 is 1.65 bits per heavy atom. The van der Waals surface area contributed by atoms with Crippen LogP contribution < -0.4 is 10.2 Å². The number of nitrogens with zero attached hydrogens (tertiary/aromatic N) is 1. The molecule has 1 N–H and O–H groups in total. The number of carbonyl (C=O) groups is 2. The molecule has 12 heteroatoms. The molecule has 3 rings (SSSR count). The van der Waals surface area contributed by atoms with Crippen LogP contribution in [-0.4, -0.2) is 24.5 Å². The largest absolute Gasteiger partial charge is 0.446 e. The molecule has 202 valence electrons. The van der Waals surface area contributed by atoms with Gasteiger partial charge >= 0.3 is 18.4 Å². The average Bonchev–Trinajstić information content (AvgIpc) is 2.95. The van der Waals surface area contributed by atoms with Gasteiger partial charge in [-0.05, 0) is 84.9 Å². The van der Waals surface area contributed by atoms with Crippen LogP contribution in [0.25, 0.3) is 0 Å². The SMILES string of the molecule is CC(=O)C(NC1CCCN(C(=O)OC(C)C)c2c(Br)cccc21)c1cc(C(F)(F)F)cc(C(F)(F)F)c1. The van der Waals surface area contributed by atoms with E-state index in [0.29, 0.717) is 40.7 Å². The van der Waals surface area contributed by atoms with E-state index in [9.17, 15) is 35.9 Å². The molecule has 0 saturated carbocycles. The number of ether oxygens (including phenoxy) is 1. The average molecular weight is 595 g/mol. The lowest BCUT2D eigenvalue weighted by molar-refractivity contribution is -0.143. The van der Waals surface area contributed by atoms with Crippen LogP contribution in [0.15, 0.2) is 40.9 Å². The van der Waals surface area contributed by atoms with E-state index in [0.717, 1.165) is 6.92 Å². The molecular formula is C25H25BrF6N2O3. The number of nitrogens with one attached hydrogen (secondary N) is 1. The number of hydrogen-bond acceptors (Lipinski definition) is 4. The maximum atomic E-state index is 13.4. The molecule has 1 heterocycles. The second kappa shape index (κ2) is 11.0. The van der Waals surface area contributed by atoms with Gasteiger partial charge in [0, 0.05) is 17.1 Å². The number of ketones is 1. The first-order valence-corrected chi connectivity index (χ1v) is 12.2. The van der Waals surface area contributed by atoms with Crippen molar-refractivity contribution in [1.82, 2.24) is 5.32 Å². The minimum atomic E-state index is -5.05. The van der Waals surface area contributed by atoms with Crippen LogP contribution in [0.5, 0.6) is 0 Å². The number of amides is 1. The monoisotopic (exact) mass is 594 g/mol. The molecule has 0 aliphatic carbocycles. The lowest BCUT2D eigenvalue weighted by Crippen LogP contribution is -2.34. The Kier molecular flexibility index (Phi) is 8.63. The minimum absolute atomic E-state index is 0.0248. The van der Waals surface area contributed by atoms with Gasteiger partial charge in [0.1, 0.15) is 0 Å². The van der Waals surface area contributed by atoms with Gasteiger partial charge in [0.2, 0.25) is 0 Å². The highest BCUT2D eigenvalue weighted by molar-refractivity contribution is 9.10. The number of Topliss-reactive ketones (excluding diaryl/α,β-unsaturated/α-hetero) is 1. The maximum absolute atomic E-state index is 13.4. The van der Waals surface area contributed by atoms with Crippen molar-refractivity contribution in [3.8, 4) is 0 Å². The van der Waals surface area contributed by atoms with Crippen molar-refractivity contribution in [3.05, 3.63) is 63.1 Å². The van der Waals surface area contributed by atoms with Crippen molar-refractivity contribution < 1.29 is 40.7 Å². The zero-order chi connectivity index (χ0) is 27.7. The Hall–Kier alpha value is -2.60. The zero-order valence-electron chi connectivity index (χ0n) is 20.1. The topological polar surface area (TPSA) is 58.6 Å². The first kappa shape index (κ1) is 29.0. The van der Waals surface area contributed by atoms with Crippen molar-refractivity contribution in [2.75, 3.05) is 11.4 Å². The van der Waals surface area contributed by atoms with E-state index in [1.165, 1.54) is 4.90 Å². The van der Waals surface area contributed by atoms with Crippen LogP contribution in [0.4, 0.5) is 36.8 Å². The molecule has 0 saturated heterocycles. The van der Waals surface area contributed by atoms with Gasteiger partial charge in [-0.1, -0.05) is 12.1 Å². The van der Waals surface area contributed by atoms with Gasteiger partial charge in [0.25, 0.3) is 0 Å². The summed E-state index contributed by atoms with van der Waals surface area (Å²) in [5.74, 6) is -0.663. The van der Waals surface area contributed by atoms with Crippen LogP contribution >= 0.6 is 15.9 Å². The summed E-state index contributed by atoms with van der Waals surface area (Å²) in [7, 11) is 0. The van der Waals surface area contributed by atoms with Gasteiger partial charge in [-0.15, -0.1) is 0 Å². The van der Waals surface area contributed by atoms with E-state index in [2.05, 4.69) is 21.2 Å². The molecule has 37 heavy (non-hydrogen) atoms. The Labute approximate surface area is 218 Å². The number of alkyl halides is 6. The number of benzene rings is 2. The summed E-state index contributed by atoms with van der Waals surface area (Å²) in [6, 6.07) is 4.07. The van der Waals surface area contributed by atoms with Crippen molar-refractivity contribution in [2.24, 2.45) is 0 Å². The van der Waals surface area contributed by atoms with Crippen molar-refractivity contribution >= 4 is 33.5 Å². The molecule has 2 aromatic rings. The van der Waals surface area contributed by atoms with E-state index in [-0.39, 0.29) is 18.7 Å². The number of para-hydroxylation sites is 1. The number of rotatable bonds is 5. The molecule has 0 radical (unpaired) electrons. The summed E-state index contributed by atoms with van der Waals surface area (Å²) in [6.45, 7) is 4.74. The van der Waals surface area contributed by atoms with E-state index >= 15 is 0 Å². The Morgan fingerprint density at radius 3 is 2.16 bits per heavy atom. The summed E-state index contributed by atoms with van der Waals surface area (Å²) in [5, 5.41) is 2.97. The summed E-state index contributed by atoms with van der Waals surface area (Å²) in [5.41, 5.74) is -2.46. The van der Waals surface area contributed by atoms with Gasteiger partial charge in [-0.25, -0.2) is 4.79 Å². The van der Waals surface area contributed by atoms with E-state index in [1.807, 2.05) is 0 Å². The van der Waals surface area contributed by atoms with Gasteiger partial charge in [0.05, 0.1) is 29.0 Å². The Bertz CT molecular complexity index is 1130. The van der Waals surface area contributed by atoms with Gasteiger partial charge < -0.3 is 4.74 Å². The van der Waals surface area contributed by atoms with Crippen LogP contribution in [0, 0.1) is 0 Å². The Balaban J connectivity index is 2.08. The van der Waals surface area contributed by atoms with Crippen molar-refractivity contribution in [1.29, 1.82) is 0 Å². The summed E-state index contributed by atoms with van der Waals surface area (Å²) >= 11 is 3.43. The van der Waals surface area contributed by atoms with Crippen molar-refractivity contribution in [2.45, 2.75) is 64.2 Å². The lowest BCUT2D eigenvalue weighted by atomic mass is 9.94. The van der Waals surface area contributed by atoms with E-state index < -0.39 is 53.0 Å². The molecule has 2 unspecified atom stereocenters. The smallest absolute Gasteiger partial charge is 0.416 e. The first-order chi connectivity index (χ1) is 17.1. The fourth-order valence-electron chi connectivity index (χ4n) is 4.23. The number of anilines is 1. The van der Waals surface area contributed by atoms with Crippen LogP contribution in [-0.2, 0) is 21.9 Å². The summed E-state index contributed by atoms with van der Waals surface area (Å²) in [4.78, 5) is 26.8. The van der Waals surface area contributed by atoms with Crippen molar-refractivity contribution in [3.63, 3.8) is 0 Å². The molecule has 0 fully saturated rings. The highest BCUT2D eigenvalue weighted by Crippen LogP contribution is 2.41. The highest BCUT2D eigenvalue weighted by atomic mass is 79.9. The molecule has 2 atom stereocenters. The van der Waals surface area contributed by atoms with Crippen LogP contribution in [0.3, 0.4) is 0 Å². The third-order valence-corrected chi connectivity index (χ3v) is 6.45. The second-order valence-corrected chi connectivity index (χ2v) is 9.86. The van der Waals surface area contributed by atoms with Gasteiger partial charge in [-0.2, -0.15) is 26.3 Å². The molecule has 0 aromatic heterocycles. The highest BCUT2D eigenvalue weighted by Gasteiger charge is 2.39. The molecule has 1 aliphatic rings. The van der Waals surface area contributed by atoms with E-state index in [4.69, 9.17) is 4.74 Å². The van der Waals surface area contributed by atoms with Crippen LogP contribution in [0.2, 0.25) is 0 Å². The second-order valence-electron chi connectivity index (χ2n) is 9.01. The number of fused-ring (bicyclic) bond motifs is 1. The van der Waals surface area contributed by atoms with E-state index in [1.54, 1.807) is 32.0 Å². The molecule has 2 aromatic carbocycles. The third-order valence-electron chi connectivity index (χ3n) is 5.81. The fraction of sp³-hybridized carbons (Fsp3) is 0.440. The number of carbonyl (C=O) groups excluding carboxylic acids is 2. The third kappa shape index (κ3) is 6.84. The Morgan fingerprint density at radius 1 is 1.05 bits per heavy atom. The molecule has 5 nitrogen and oxygen atoms in total. The predicted molar refractivity (Wildman–Crippen MR) is 128 cm³/mol. The van der Waals surface area contributed by atoms with Crippen LogP contribution in [0.1, 0.15) is 68.0 Å². The fourth-order valence-corrected chi connectivity index (χ4v) is 4.83. The molecule has 0 spiro atoms. The van der Waals surface area contributed by atoms with Gasteiger partial charge in [0.15, 0.2) is 5.78 Å². The van der Waals surface area contributed by atoms with Gasteiger partial charge in [-0.3, -0.25) is 15.0 Å². The summed E-state index contributed by atoms with van der Waals surface area (Å²) in [6.07, 6.45) is -10.3. The summed E-state index contributed by atoms with van der Waals surface area (Å²) < 4.78 is 86.5. The normalized spacial score (nSPS) is 17.3. The first-order valence-electron chi connectivity index (χ1n) is 11.4. The zero-order valence-corrected chi connectivity index (χ0v) is 21.7. The molecule has 1 amide bonds. The predicted octanol–water partition coefficient (Wildman–Crippen LogP) is 7.59. The standard InChI is InChI=1S/C25H25BrF6N2O3/c1-13(2)37-23(36)34-9-5-8-20(18-6-4-7-19(26)22(18)34)33-21(14(3)35)15-10-16(24(27,28)29)12-17(11-15)25(30,31)32/h4,6-7,10-13,20-21,33H,5,8-9H2,1-3H3. The lowest BCUT2D eigenvalue weighted by Gasteiger charge is -2.28. The molecular weight excluding hydrogens is 570 g/mol. The minimum Gasteiger partial charge on any atom is -0.446 e. The quantitative estimate of drug-likeness (QED) is 0.362. The maximum Gasteiger partial charge on any atom is 0.416 e.